The summed E-state index contributed by atoms with van der Waals surface area (Å²) in [5, 5.41) is 18.2. The Hall–Kier alpha value is -2.52. The number of rotatable bonds is 5. The summed E-state index contributed by atoms with van der Waals surface area (Å²) < 4.78 is 4.83. The summed E-state index contributed by atoms with van der Waals surface area (Å²) >= 11 is 2.84. The van der Waals surface area contributed by atoms with E-state index in [1.807, 2.05) is 16.8 Å². The van der Waals surface area contributed by atoms with Crippen molar-refractivity contribution in [3.8, 4) is 10.6 Å². The molecule has 0 unspecified atom stereocenters. The Kier molecular flexibility index (Phi) is 4.49. The topological polar surface area (TPSA) is 97.1 Å². The van der Waals surface area contributed by atoms with Crippen LogP contribution in [0.25, 0.3) is 10.6 Å². The molecule has 0 aliphatic heterocycles. The first-order chi connectivity index (χ1) is 11.1. The quantitative estimate of drug-likeness (QED) is 0.739. The SMILES string of the molecule is C[C@@H](NC(=O)c1ccoc1)C(=O)Nc1nnc(-c2ccsc2)s1. The number of anilines is 1. The summed E-state index contributed by atoms with van der Waals surface area (Å²) in [6, 6.07) is 2.74. The van der Waals surface area contributed by atoms with Gasteiger partial charge >= 0.3 is 0 Å². The van der Waals surface area contributed by atoms with E-state index in [1.165, 1.54) is 29.9 Å². The standard InChI is InChI=1S/C14H12N4O3S2/c1-8(15-12(20)9-2-4-21-6-9)11(19)16-14-18-17-13(23-14)10-3-5-22-7-10/h2-8H,1H3,(H,15,20)(H,16,18,19)/t8-/m1/s1. The van der Waals surface area contributed by atoms with Gasteiger partial charge in [0.25, 0.3) is 5.91 Å². The molecule has 0 radical (unpaired) electrons. The van der Waals surface area contributed by atoms with Gasteiger partial charge in [-0.05, 0) is 24.4 Å². The maximum Gasteiger partial charge on any atom is 0.255 e. The molecule has 0 aliphatic rings. The molecule has 0 bridgehead atoms. The van der Waals surface area contributed by atoms with Crippen molar-refractivity contribution in [2.24, 2.45) is 0 Å². The van der Waals surface area contributed by atoms with E-state index in [-0.39, 0.29) is 11.8 Å². The van der Waals surface area contributed by atoms with Crippen molar-refractivity contribution in [2.45, 2.75) is 13.0 Å². The smallest absolute Gasteiger partial charge is 0.255 e. The fourth-order valence-corrected chi connectivity index (χ4v) is 3.19. The van der Waals surface area contributed by atoms with Gasteiger partial charge in [0.1, 0.15) is 17.3 Å². The summed E-state index contributed by atoms with van der Waals surface area (Å²) in [6.45, 7) is 1.59. The van der Waals surface area contributed by atoms with E-state index in [0.717, 1.165) is 10.6 Å². The van der Waals surface area contributed by atoms with Crippen LogP contribution in [0.1, 0.15) is 17.3 Å². The van der Waals surface area contributed by atoms with Crippen molar-refractivity contribution in [1.82, 2.24) is 15.5 Å². The lowest BCUT2D eigenvalue weighted by Crippen LogP contribution is -2.41. The molecule has 3 heterocycles. The van der Waals surface area contributed by atoms with Crippen molar-refractivity contribution in [3.05, 3.63) is 41.0 Å². The lowest BCUT2D eigenvalue weighted by molar-refractivity contribution is -0.117. The average Bonchev–Trinajstić information content (AvgIpc) is 3.28. The van der Waals surface area contributed by atoms with E-state index < -0.39 is 6.04 Å². The maximum absolute atomic E-state index is 12.1. The van der Waals surface area contributed by atoms with E-state index in [9.17, 15) is 9.59 Å². The molecule has 0 saturated carbocycles. The van der Waals surface area contributed by atoms with Gasteiger partial charge < -0.3 is 9.73 Å². The zero-order valence-corrected chi connectivity index (χ0v) is 13.6. The van der Waals surface area contributed by atoms with Crippen LogP contribution in [-0.2, 0) is 4.79 Å². The fourth-order valence-electron chi connectivity index (χ4n) is 1.73. The van der Waals surface area contributed by atoms with Gasteiger partial charge in [0.15, 0.2) is 0 Å². The number of nitrogens with one attached hydrogen (secondary N) is 2. The zero-order chi connectivity index (χ0) is 16.2. The highest BCUT2D eigenvalue weighted by atomic mass is 32.1. The molecule has 23 heavy (non-hydrogen) atoms. The van der Waals surface area contributed by atoms with Gasteiger partial charge in [-0.2, -0.15) is 11.3 Å². The Bertz CT molecular complexity index is 796. The van der Waals surface area contributed by atoms with E-state index in [1.54, 1.807) is 18.3 Å². The van der Waals surface area contributed by atoms with Gasteiger partial charge in [-0.1, -0.05) is 11.3 Å². The normalized spacial score (nSPS) is 11.9. The lowest BCUT2D eigenvalue weighted by Gasteiger charge is -2.11. The average molecular weight is 348 g/mol. The first kappa shape index (κ1) is 15.4. The molecule has 2 amide bonds. The highest BCUT2D eigenvalue weighted by molar-refractivity contribution is 7.19. The van der Waals surface area contributed by atoms with Crippen LogP contribution in [0.15, 0.2) is 39.8 Å². The Morgan fingerprint density at radius 3 is 2.87 bits per heavy atom. The number of carbonyl (C=O) groups is 2. The molecule has 2 N–H and O–H groups in total. The molecule has 0 fully saturated rings. The van der Waals surface area contributed by atoms with Crippen molar-refractivity contribution < 1.29 is 14.0 Å². The minimum absolute atomic E-state index is 0.361. The molecule has 118 valence electrons. The maximum atomic E-state index is 12.1. The highest BCUT2D eigenvalue weighted by Crippen LogP contribution is 2.27. The van der Waals surface area contributed by atoms with Gasteiger partial charge in [-0.15, -0.1) is 10.2 Å². The van der Waals surface area contributed by atoms with Gasteiger partial charge in [-0.3, -0.25) is 14.9 Å². The predicted molar refractivity (Wildman–Crippen MR) is 87.5 cm³/mol. The first-order valence-corrected chi connectivity index (χ1v) is 8.39. The van der Waals surface area contributed by atoms with E-state index in [0.29, 0.717) is 10.7 Å². The molecule has 7 nitrogen and oxygen atoms in total. The molecular weight excluding hydrogens is 336 g/mol. The van der Waals surface area contributed by atoms with Gasteiger partial charge in [0.2, 0.25) is 11.0 Å². The molecule has 3 aromatic heterocycles. The second-order valence-electron chi connectivity index (χ2n) is 4.62. The van der Waals surface area contributed by atoms with E-state index in [2.05, 4.69) is 20.8 Å². The third-order valence-electron chi connectivity index (χ3n) is 2.95. The van der Waals surface area contributed by atoms with Crippen LogP contribution in [0.5, 0.6) is 0 Å². The van der Waals surface area contributed by atoms with Gasteiger partial charge in [0, 0.05) is 10.9 Å². The molecule has 0 aromatic carbocycles. The number of hydrogen-bond acceptors (Lipinski definition) is 7. The van der Waals surface area contributed by atoms with Crippen LogP contribution in [0.3, 0.4) is 0 Å². The van der Waals surface area contributed by atoms with Crippen LogP contribution in [0, 0.1) is 0 Å². The zero-order valence-electron chi connectivity index (χ0n) is 12.0. The number of thiophene rings is 1. The molecule has 9 heteroatoms. The minimum atomic E-state index is -0.717. The minimum Gasteiger partial charge on any atom is -0.472 e. The van der Waals surface area contributed by atoms with Crippen molar-refractivity contribution in [2.75, 3.05) is 5.32 Å². The Balaban J connectivity index is 1.59. The van der Waals surface area contributed by atoms with Crippen LogP contribution < -0.4 is 10.6 Å². The third kappa shape index (κ3) is 3.63. The lowest BCUT2D eigenvalue weighted by atomic mass is 10.2. The number of nitrogens with zero attached hydrogens (tertiary/aromatic N) is 2. The highest BCUT2D eigenvalue weighted by Gasteiger charge is 2.19. The van der Waals surface area contributed by atoms with Crippen LogP contribution in [-0.4, -0.2) is 28.1 Å². The summed E-state index contributed by atoms with van der Waals surface area (Å²) in [5.41, 5.74) is 1.33. The van der Waals surface area contributed by atoms with Crippen LogP contribution >= 0.6 is 22.7 Å². The first-order valence-electron chi connectivity index (χ1n) is 6.63. The number of aromatic nitrogens is 2. The Morgan fingerprint density at radius 1 is 1.30 bits per heavy atom. The molecule has 3 rings (SSSR count). The molecular formula is C14H12N4O3S2. The Morgan fingerprint density at radius 2 is 2.17 bits per heavy atom. The molecule has 3 aromatic rings. The van der Waals surface area contributed by atoms with Gasteiger partial charge in [0.05, 0.1) is 11.8 Å². The van der Waals surface area contributed by atoms with E-state index >= 15 is 0 Å². The molecule has 0 spiro atoms. The summed E-state index contributed by atoms with van der Waals surface area (Å²) in [6.07, 6.45) is 2.71. The molecule has 1 atom stereocenters. The number of furan rings is 1. The molecule has 0 aliphatic carbocycles. The number of carbonyl (C=O) groups excluding carboxylic acids is 2. The largest absolute Gasteiger partial charge is 0.472 e. The number of hydrogen-bond donors (Lipinski definition) is 2. The van der Waals surface area contributed by atoms with Crippen molar-refractivity contribution in [1.29, 1.82) is 0 Å². The van der Waals surface area contributed by atoms with Crippen molar-refractivity contribution in [3.63, 3.8) is 0 Å². The summed E-state index contributed by atoms with van der Waals surface area (Å²) in [7, 11) is 0. The van der Waals surface area contributed by atoms with Crippen LogP contribution in [0.4, 0.5) is 5.13 Å². The summed E-state index contributed by atoms with van der Waals surface area (Å²) in [5.74, 6) is -0.743. The van der Waals surface area contributed by atoms with E-state index in [4.69, 9.17) is 4.42 Å². The Labute approximate surface area is 139 Å². The second kappa shape index (κ2) is 6.71. The van der Waals surface area contributed by atoms with Gasteiger partial charge in [-0.25, -0.2) is 0 Å². The molecule has 0 saturated heterocycles. The van der Waals surface area contributed by atoms with Crippen LogP contribution in [0.2, 0.25) is 0 Å². The fraction of sp³-hybridized carbons (Fsp3) is 0.143. The monoisotopic (exact) mass is 348 g/mol. The number of amides is 2. The second-order valence-corrected chi connectivity index (χ2v) is 6.38. The summed E-state index contributed by atoms with van der Waals surface area (Å²) in [4.78, 5) is 24.0. The van der Waals surface area contributed by atoms with Crippen molar-refractivity contribution >= 4 is 39.6 Å². The third-order valence-corrected chi connectivity index (χ3v) is 4.52. The predicted octanol–water partition coefficient (Wildman–Crippen LogP) is 2.62.